The number of nitrogens with one attached hydrogen (secondary N) is 1. The summed E-state index contributed by atoms with van der Waals surface area (Å²) < 4.78 is 82.0. The van der Waals surface area contributed by atoms with E-state index in [-0.39, 0.29) is 6.07 Å². The van der Waals surface area contributed by atoms with E-state index in [4.69, 9.17) is 10.00 Å². The number of nitriles is 1. The van der Waals surface area contributed by atoms with Crippen LogP contribution in [0, 0.1) is 11.3 Å². The Kier molecular flexibility index (Phi) is 5.57. The minimum atomic E-state index is -5.21. The molecular formula is C14H13F6N3O2. The number of carbonyl (C=O) groups is 1. The summed E-state index contributed by atoms with van der Waals surface area (Å²) >= 11 is 0. The molecular weight excluding hydrogens is 356 g/mol. The van der Waals surface area contributed by atoms with Gasteiger partial charge in [-0.05, 0) is 26.8 Å². The van der Waals surface area contributed by atoms with E-state index in [9.17, 15) is 31.1 Å². The number of ether oxygens (including phenoxy) is 1. The monoisotopic (exact) mass is 369 g/mol. The number of alkyl halides is 6. The van der Waals surface area contributed by atoms with Crippen molar-refractivity contribution < 1.29 is 35.9 Å². The average Bonchev–Trinajstić information content (AvgIpc) is 2.40. The van der Waals surface area contributed by atoms with E-state index in [1.54, 1.807) is 0 Å². The maximum Gasteiger partial charge on any atom is 0.433 e. The van der Waals surface area contributed by atoms with E-state index in [0.717, 1.165) is 6.07 Å². The van der Waals surface area contributed by atoms with Gasteiger partial charge in [0.25, 0.3) is 0 Å². The van der Waals surface area contributed by atoms with Crippen molar-refractivity contribution in [1.82, 2.24) is 4.98 Å². The normalized spacial score (nSPS) is 12.5. The first-order valence-corrected chi connectivity index (χ1v) is 6.70. The standard InChI is InChI=1S/C14H13F6N3O2/c1-12(2,3)25-10(24)6-22-11-7(5-21)8(13(15,16)17)4-9(23-11)14(18,19)20/h4H,6H2,1-3H3,(H,22,23). The Balaban J connectivity index is 3.29. The third-order valence-electron chi connectivity index (χ3n) is 2.55. The van der Waals surface area contributed by atoms with Crippen molar-refractivity contribution in [3.8, 4) is 6.07 Å². The van der Waals surface area contributed by atoms with Gasteiger partial charge in [-0.15, -0.1) is 0 Å². The summed E-state index contributed by atoms with van der Waals surface area (Å²) in [4.78, 5) is 14.5. The predicted molar refractivity (Wildman–Crippen MR) is 73.3 cm³/mol. The van der Waals surface area contributed by atoms with Crippen LogP contribution in [0.1, 0.15) is 37.6 Å². The molecule has 0 spiro atoms. The summed E-state index contributed by atoms with van der Waals surface area (Å²) in [7, 11) is 0. The molecule has 25 heavy (non-hydrogen) atoms. The number of halogens is 6. The number of rotatable bonds is 3. The number of hydrogen-bond donors (Lipinski definition) is 1. The summed E-state index contributed by atoms with van der Waals surface area (Å²) in [5.74, 6) is -1.94. The van der Waals surface area contributed by atoms with Gasteiger partial charge in [0.1, 0.15) is 35.3 Å². The molecule has 0 aliphatic heterocycles. The maximum atomic E-state index is 12.9. The molecule has 1 aromatic rings. The second kappa shape index (κ2) is 6.78. The van der Waals surface area contributed by atoms with Gasteiger partial charge in [-0.25, -0.2) is 4.98 Å². The zero-order valence-corrected chi connectivity index (χ0v) is 13.3. The second-order valence-corrected chi connectivity index (χ2v) is 5.83. The molecule has 0 unspecified atom stereocenters. The lowest BCUT2D eigenvalue weighted by Gasteiger charge is -2.20. The van der Waals surface area contributed by atoms with E-state index in [1.807, 2.05) is 5.32 Å². The molecule has 0 aromatic carbocycles. The van der Waals surface area contributed by atoms with Crippen molar-refractivity contribution in [2.75, 3.05) is 11.9 Å². The zero-order chi connectivity index (χ0) is 19.6. The Morgan fingerprint density at radius 3 is 2.16 bits per heavy atom. The van der Waals surface area contributed by atoms with Crippen LogP contribution in [0.5, 0.6) is 0 Å². The summed E-state index contributed by atoms with van der Waals surface area (Å²) in [5, 5.41) is 10.9. The maximum absolute atomic E-state index is 12.9. The molecule has 0 saturated carbocycles. The highest BCUT2D eigenvalue weighted by molar-refractivity contribution is 5.76. The Bertz CT molecular complexity index is 699. The number of pyridine rings is 1. The first-order chi connectivity index (χ1) is 11.1. The van der Waals surface area contributed by atoms with Crippen molar-refractivity contribution in [2.45, 2.75) is 38.7 Å². The lowest BCUT2D eigenvalue weighted by Crippen LogP contribution is -2.29. The van der Waals surface area contributed by atoms with E-state index in [0.29, 0.717) is 0 Å². The number of carbonyl (C=O) groups excluding carboxylic acids is 1. The quantitative estimate of drug-likeness (QED) is 0.649. The molecule has 0 bridgehead atoms. The summed E-state index contributed by atoms with van der Waals surface area (Å²) in [5.41, 5.74) is -5.70. The number of hydrogen-bond acceptors (Lipinski definition) is 5. The van der Waals surface area contributed by atoms with Crippen LogP contribution in [-0.2, 0) is 21.9 Å². The fraction of sp³-hybridized carbons (Fsp3) is 0.500. The largest absolute Gasteiger partial charge is 0.459 e. The first-order valence-electron chi connectivity index (χ1n) is 6.70. The molecule has 138 valence electrons. The molecule has 0 saturated heterocycles. The van der Waals surface area contributed by atoms with Crippen molar-refractivity contribution in [3.63, 3.8) is 0 Å². The van der Waals surface area contributed by atoms with Crippen molar-refractivity contribution in [1.29, 1.82) is 5.26 Å². The van der Waals surface area contributed by atoms with Gasteiger partial charge in [-0.2, -0.15) is 31.6 Å². The number of anilines is 1. The van der Waals surface area contributed by atoms with Crippen LogP contribution < -0.4 is 5.32 Å². The first kappa shape index (κ1) is 20.5. The molecule has 0 aliphatic rings. The smallest absolute Gasteiger partial charge is 0.433 e. The molecule has 0 radical (unpaired) electrons. The van der Waals surface area contributed by atoms with Crippen molar-refractivity contribution in [3.05, 3.63) is 22.9 Å². The molecule has 1 aromatic heterocycles. The Labute approximate surface area is 138 Å². The topological polar surface area (TPSA) is 75.0 Å². The Morgan fingerprint density at radius 1 is 1.20 bits per heavy atom. The van der Waals surface area contributed by atoms with Gasteiger partial charge >= 0.3 is 18.3 Å². The van der Waals surface area contributed by atoms with Crippen LogP contribution in [-0.4, -0.2) is 23.1 Å². The number of nitrogens with zero attached hydrogens (tertiary/aromatic N) is 2. The predicted octanol–water partition coefficient (Wildman–Crippen LogP) is 3.74. The molecule has 0 fully saturated rings. The average molecular weight is 369 g/mol. The van der Waals surface area contributed by atoms with Gasteiger partial charge in [0.15, 0.2) is 0 Å². The molecule has 1 N–H and O–H groups in total. The highest BCUT2D eigenvalue weighted by Crippen LogP contribution is 2.38. The van der Waals surface area contributed by atoms with Gasteiger partial charge in [-0.1, -0.05) is 0 Å². The minimum absolute atomic E-state index is 0.253. The fourth-order valence-corrected chi connectivity index (χ4v) is 1.69. The molecule has 0 atom stereocenters. The Morgan fingerprint density at radius 2 is 1.76 bits per heavy atom. The van der Waals surface area contributed by atoms with Gasteiger partial charge in [0, 0.05) is 0 Å². The van der Waals surface area contributed by atoms with Crippen molar-refractivity contribution >= 4 is 11.8 Å². The van der Waals surface area contributed by atoms with Crippen LogP contribution in [0.25, 0.3) is 0 Å². The molecule has 0 amide bonds. The highest BCUT2D eigenvalue weighted by Gasteiger charge is 2.41. The van der Waals surface area contributed by atoms with E-state index in [2.05, 4.69) is 4.98 Å². The van der Waals surface area contributed by atoms with E-state index >= 15 is 0 Å². The molecule has 5 nitrogen and oxygen atoms in total. The minimum Gasteiger partial charge on any atom is -0.459 e. The van der Waals surface area contributed by atoms with E-state index in [1.165, 1.54) is 20.8 Å². The van der Waals surface area contributed by atoms with Crippen LogP contribution in [0.2, 0.25) is 0 Å². The van der Waals surface area contributed by atoms with Gasteiger partial charge < -0.3 is 10.1 Å². The van der Waals surface area contributed by atoms with Gasteiger partial charge in [-0.3, -0.25) is 4.79 Å². The second-order valence-electron chi connectivity index (χ2n) is 5.83. The number of aromatic nitrogens is 1. The molecule has 0 aliphatic carbocycles. The van der Waals surface area contributed by atoms with Gasteiger partial charge in [0.2, 0.25) is 0 Å². The Hall–Kier alpha value is -2.51. The van der Waals surface area contributed by atoms with Gasteiger partial charge in [0.05, 0.1) is 5.56 Å². The van der Waals surface area contributed by atoms with Crippen LogP contribution in [0.15, 0.2) is 6.07 Å². The van der Waals surface area contributed by atoms with Crippen LogP contribution >= 0.6 is 0 Å². The zero-order valence-electron chi connectivity index (χ0n) is 13.3. The number of esters is 1. The van der Waals surface area contributed by atoms with Crippen LogP contribution in [0.4, 0.5) is 32.2 Å². The fourth-order valence-electron chi connectivity index (χ4n) is 1.69. The lowest BCUT2D eigenvalue weighted by molar-refractivity contribution is -0.152. The third-order valence-corrected chi connectivity index (χ3v) is 2.55. The SMILES string of the molecule is CC(C)(C)OC(=O)CNc1nc(C(F)(F)F)cc(C(F)(F)F)c1C#N. The summed E-state index contributed by atoms with van der Waals surface area (Å²) in [6, 6.07) is 0.904. The highest BCUT2D eigenvalue weighted by atomic mass is 19.4. The van der Waals surface area contributed by atoms with Crippen molar-refractivity contribution in [2.24, 2.45) is 0 Å². The van der Waals surface area contributed by atoms with E-state index < -0.39 is 53.1 Å². The molecule has 1 heterocycles. The lowest BCUT2D eigenvalue weighted by atomic mass is 10.1. The third kappa shape index (κ3) is 5.81. The molecule has 1 rings (SSSR count). The summed E-state index contributed by atoms with van der Waals surface area (Å²) in [6.07, 6.45) is -10.4. The molecule has 11 heteroatoms. The van der Waals surface area contributed by atoms with Crippen LogP contribution in [0.3, 0.4) is 0 Å². The summed E-state index contributed by atoms with van der Waals surface area (Å²) in [6.45, 7) is 3.80.